The average molecular weight is 995 g/mol. The molecule has 5 heterocycles. The number of ketones is 3. The van der Waals surface area contributed by atoms with Gasteiger partial charge < -0.3 is 54.4 Å². The quantitative estimate of drug-likeness (QED) is 0.180. The van der Waals surface area contributed by atoms with E-state index in [1.54, 1.807) is 57.9 Å². The highest BCUT2D eigenvalue weighted by molar-refractivity contribution is 6.32. The van der Waals surface area contributed by atoms with Crippen LogP contribution >= 0.6 is 0 Å². The van der Waals surface area contributed by atoms with E-state index in [1.165, 1.54) is 59.1 Å². The third-order valence-corrected chi connectivity index (χ3v) is 15.1. The van der Waals surface area contributed by atoms with Crippen molar-refractivity contribution in [1.29, 1.82) is 0 Å². The summed E-state index contributed by atoms with van der Waals surface area (Å²) in [6, 6.07) is 2.47. The molecule has 5 bridgehead atoms. The molecular formula is C54H63FN4O13. The van der Waals surface area contributed by atoms with Gasteiger partial charge >= 0.3 is 11.8 Å². The number of allylic oxidation sites excluding steroid dienone is 4. The molecule has 1 saturated heterocycles. The summed E-state index contributed by atoms with van der Waals surface area (Å²) in [4.78, 5) is 86.1. The van der Waals surface area contributed by atoms with Crippen LogP contribution in [-0.4, -0.2) is 106 Å². The van der Waals surface area contributed by atoms with Gasteiger partial charge in [0.05, 0.1) is 52.5 Å². The van der Waals surface area contributed by atoms with E-state index in [-0.39, 0.29) is 57.2 Å². The standard InChI is InChI=1S/C54H63FN4O13/c1-24-12-11-13-25(2)53(68)57-43-42(56-32-16-18-58(23-32)37-21-36-34(20-35(37)55)45(62)26(3)22-59(36)33-14-15-33)48(65)39-40(49(43)66)47(64)30(7)51-41(39)52(67)54(9,72-51)70-19-17-38(69-10)27(4)50(71-31(8)60)29(6)46(63)28(5)44(24)61/h11-13,17,19-22,24,27-29,32-33,38,44,46,50,56,61,63-64H,14-16,18,23H2,1-10H3,(H,57,68)/b12-11+,19-17+,25-13-/t24-,27+,28+,29+,32+,38-,44-,46+,50+,54-/m0/s1. The van der Waals surface area contributed by atoms with Crippen LogP contribution in [0, 0.1) is 43.3 Å². The largest absolute Gasteiger partial charge is 0.507 e. The van der Waals surface area contributed by atoms with E-state index in [4.69, 9.17) is 18.9 Å². The number of pyridine rings is 1. The minimum absolute atomic E-state index is 0.0554. The van der Waals surface area contributed by atoms with Gasteiger partial charge in [-0.25, -0.2) is 4.39 Å². The number of aliphatic hydroxyl groups excluding tert-OH is 2. The van der Waals surface area contributed by atoms with Gasteiger partial charge in [0.25, 0.3) is 11.7 Å². The van der Waals surface area contributed by atoms with Gasteiger partial charge in [-0.3, -0.25) is 28.8 Å². The molecule has 5 N–H and O–H groups in total. The minimum Gasteiger partial charge on any atom is -0.507 e. The third kappa shape index (κ3) is 9.24. The molecule has 384 valence electrons. The van der Waals surface area contributed by atoms with Crippen LogP contribution in [-0.2, 0) is 23.8 Å². The van der Waals surface area contributed by atoms with Gasteiger partial charge in [0.2, 0.25) is 11.6 Å². The minimum atomic E-state index is -2.16. The van der Waals surface area contributed by atoms with Crippen molar-refractivity contribution in [1.82, 2.24) is 15.2 Å². The number of hydrogen-bond acceptors (Lipinski definition) is 15. The van der Waals surface area contributed by atoms with Gasteiger partial charge in [-0.2, -0.15) is 0 Å². The van der Waals surface area contributed by atoms with Crippen LogP contribution in [0.5, 0.6) is 11.5 Å². The van der Waals surface area contributed by atoms with E-state index in [0.29, 0.717) is 24.0 Å². The fraction of sp³-hybridized carbons (Fsp3) is 0.481. The number of carbonyl (C=O) groups excluding carboxylic acids is 5. The maximum absolute atomic E-state index is 16.1. The number of aromatic nitrogens is 1. The lowest BCUT2D eigenvalue weighted by atomic mass is 9.78. The highest BCUT2D eigenvalue weighted by Crippen LogP contribution is 2.49. The summed E-state index contributed by atoms with van der Waals surface area (Å²) in [7, 11) is 1.41. The average Bonchev–Trinajstić information content (AvgIpc) is 4.03. The van der Waals surface area contributed by atoms with Crippen molar-refractivity contribution in [3.05, 3.63) is 110 Å². The second-order valence-electron chi connectivity index (χ2n) is 20.2. The number of amides is 1. The summed E-state index contributed by atoms with van der Waals surface area (Å²) in [6.07, 6.45) is 7.11. The molecule has 1 amide bonds. The molecule has 3 aromatic rings. The number of aryl methyl sites for hydroxylation is 1. The van der Waals surface area contributed by atoms with Crippen molar-refractivity contribution in [2.24, 2.45) is 23.7 Å². The molecule has 0 unspecified atom stereocenters. The molecular weight excluding hydrogens is 932 g/mol. The van der Waals surface area contributed by atoms with E-state index >= 15 is 9.18 Å². The van der Waals surface area contributed by atoms with E-state index in [1.807, 2.05) is 4.57 Å². The van der Waals surface area contributed by atoms with E-state index in [0.717, 1.165) is 19.1 Å². The number of ether oxygens (including phenoxy) is 4. The Morgan fingerprint density at radius 2 is 1.64 bits per heavy atom. The number of aliphatic hydroxyl groups is 2. The number of benzene rings is 2. The number of rotatable bonds is 6. The van der Waals surface area contributed by atoms with Crippen LogP contribution in [0.2, 0.25) is 0 Å². The SMILES string of the molecule is CO[C@H]1/C=C/O[C@@]2(C)Oc3c(C)c(O)c4c(c3C2=O)C(=O)C(N[C@@H]2CCN(c3cc5c(cc3F)c(=O)c(C)cn5C3CC3)C2)=C(NC(=O)/C(C)=C\C=C\[C@H](C)[C@H](O)[C@@H](C)[C@@H](O)[C@@H](C)[C@H](OC(C)=O)[C@@H]1C)C4=O. The Hall–Kier alpha value is -6.63. The van der Waals surface area contributed by atoms with E-state index < -0.39 is 118 Å². The highest BCUT2D eigenvalue weighted by atomic mass is 19.1. The number of hydrogen-bond donors (Lipinski definition) is 5. The lowest BCUT2D eigenvalue weighted by Gasteiger charge is -2.38. The molecule has 2 aromatic carbocycles. The number of phenols is 1. The fourth-order valence-electron chi connectivity index (χ4n) is 10.5. The van der Waals surface area contributed by atoms with Crippen LogP contribution in [0.15, 0.2) is 70.7 Å². The number of phenolic OH excluding ortho intramolecular Hbond substituents is 1. The normalized spacial score (nSPS) is 30.9. The molecule has 72 heavy (non-hydrogen) atoms. The Morgan fingerprint density at radius 3 is 2.31 bits per heavy atom. The predicted molar refractivity (Wildman–Crippen MR) is 263 cm³/mol. The lowest BCUT2D eigenvalue weighted by molar-refractivity contribution is -0.160. The van der Waals surface area contributed by atoms with Gasteiger partial charge in [-0.15, -0.1) is 0 Å². The Bertz CT molecular complexity index is 2970. The topological polar surface area (TPSA) is 232 Å². The number of carbonyl (C=O) groups is 5. The predicted octanol–water partition coefficient (Wildman–Crippen LogP) is 5.92. The first-order chi connectivity index (χ1) is 34.0. The summed E-state index contributed by atoms with van der Waals surface area (Å²) in [5.74, 6) is -10.5. The Balaban J connectivity index is 1.20. The zero-order chi connectivity index (χ0) is 52.4. The fourth-order valence-corrected chi connectivity index (χ4v) is 10.5. The number of Topliss-reactive ketones (excluding diaryl/α,β-unsaturated/α-hetero) is 3. The van der Waals surface area contributed by atoms with Crippen molar-refractivity contribution >= 4 is 45.8 Å². The zero-order valence-electron chi connectivity index (χ0n) is 42.1. The molecule has 18 heteroatoms. The van der Waals surface area contributed by atoms with Crippen LogP contribution in [0.4, 0.5) is 10.1 Å². The number of aromatic hydroxyl groups is 1. The van der Waals surface area contributed by atoms with Crippen LogP contribution in [0.1, 0.15) is 116 Å². The molecule has 0 radical (unpaired) electrons. The van der Waals surface area contributed by atoms with Crippen LogP contribution in [0.3, 0.4) is 0 Å². The third-order valence-electron chi connectivity index (χ3n) is 15.1. The number of anilines is 1. The first-order valence-corrected chi connectivity index (χ1v) is 24.4. The second kappa shape index (κ2) is 19.8. The van der Waals surface area contributed by atoms with Gasteiger partial charge in [-0.05, 0) is 58.2 Å². The Kier molecular flexibility index (Phi) is 14.2. The summed E-state index contributed by atoms with van der Waals surface area (Å²) in [5, 5.41) is 40.8. The van der Waals surface area contributed by atoms with Crippen molar-refractivity contribution in [3.8, 4) is 11.5 Å². The van der Waals surface area contributed by atoms with Crippen molar-refractivity contribution < 1.29 is 62.6 Å². The van der Waals surface area contributed by atoms with Gasteiger partial charge in [0.15, 0.2) is 5.43 Å². The second-order valence-corrected chi connectivity index (χ2v) is 20.2. The number of nitrogens with zero attached hydrogens (tertiary/aromatic N) is 2. The summed E-state index contributed by atoms with van der Waals surface area (Å²) in [5.41, 5.74) is -1.12. The molecule has 1 saturated carbocycles. The van der Waals surface area contributed by atoms with Crippen molar-refractivity contribution in [2.75, 3.05) is 25.1 Å². The van der Waals surface area contributed by atoms with Crippen molar-refractivity contribution in [2.45, 2.75) is 124 Å². The Morgan fingerprint density at radius 1 is 0.931 bits per heavy atom. The molecule has 17 nitrogen and oxygen atoms in total. The number of esters is 1. The number of halogens is 1. The van der Waals surface area contributed by atoms with Crippen LogP contribution < -0.4 is 25.7 Å². The molecule has 9 rings (SSSR count). The molecule has 6 aliphatic rings. The van der Waals surface area contributed by atoms with E-state index in [2.05, 4.69) is 10.6 Å². The highest BCUT2D eigenvalue weighted by Gasteiger charge is 2.53. The number of nitrogens with one attached hydrogen (secondary N) is 2. The smallest absolute Gasteiger partial charge is 0.312 e. The zero-order valence-corrected chi connectivity index (χ0v) is 42.1. The van der Waals surface area contributed by atoms with Gasteiger partial charge in [0.1, 0.15) is 34.8 Å². The molecule has 10 atom stereocenters. The van der Waals surface area contributed by atoms with Gasteiger partial charge in [0, 0.05) is 98.1 Å². The monoisotopic (exact) mass is 994 g/mol. The van der Waals surface area contributed by atoms with E-state index in [9.17, 15) is 39.3 Å². The molecule has 2 aliphatic carbocycles. The molecule has 0 spiro atoms. The Labute approximate surface area is 416 Å². The number of fused-ring (bicyclic) bond motifs is 15. The summed E-state index contributed by atoms with van der Waals surface area (Å²) in [6.45, 7) is 14.3. The number of methoxy groups -OCH3 is 1. The summed E-state index contributed by atoms with van der Waals surface area (Å²) >= 11 is 0. The van der Waals surface area contributed by atoms with Crippen LogP contribution in [0.25, 0.3) is 10.9 Å². The first-order valence-electron chi connectivity index (χ1n) is 24.4. The molecule has 1 aromatic heterocycles. The molecule has 4 aliphatic heterocycles. The first kappa shape index (κ1) is 51.7. The maximum atomic E-state index is 16.1. The van der Waals surface area contributed by atoms with Gasteiger partial charge in [-0.1, -0.05) is 45.9 Å². The van der Waals surface area contributed by atoms with Crippen molar-refractivity contribution in [3.63, 3.8) is 0 Å². The molecule has 2 fully saturated rings. The maximum Gasteiger partial charge on any atom is 0.312 e. The summed E-state index contributed by atoms with van der Waals surface area (Å²) < 4.78 is 41.8. The lowest BCUT2D eigenvalue weighted by Crippen LogP contribution is -2.46.